The summed E-state index contributed by atoms with van der Waals surface area (Å²) in [5.41, 5.74) is 0. The van der Waals surface area contributed by atoms with Crippen LogP contribution in [-0.2, 0) is 0 Å². The molecule has 0 bridgehead atoms. The maximum Gasteiger partial charge on any atom is -0.0357 e. The fourth-order valence-electron chi connectivity index (χ4n) is 2.52. The number of rotatable bonds is 6. The Labute approximate surface area is 84.1 Å². The van der Waals surface area contributed by atoms with Crippen molar-refractivity contribution in [1.82, 2.24) is 0 Å². The van der Waals surface area contributed by atoms with Gasteiger partial charge in [-0.1, -0.05) is 47.0 Å². The van der Waals surface area contributed by atoms with E-state index >= 15 is 0 Å². The number of hydrogen-bond acceptors (Lipinski definition) is 0. The molecule has 3 atom stereocenters. The Morgan fingerprint density at radius 1 is 1.15 bits per heavy atom. The standard InChI is InChI=1S/C13H26/c1-5-6-11(4)13-9-12(13)8-7-10(2)3/h10-13H,5-9H2,1-4H3. The molecule has 0 N–H and O–H groups in total. The van der Waals surface area contributed by atoms with E-state index in [1.54, 1.807) is 0 Å². The molecule has 1 aliphatic rings. The molecule has 0 heterocycles. The third-order valence-corrected chi connectivity index (χ3v) is 3.57. The lowest BCUT2D eigenvalue weighted by atomic mass is 9.96. The highest BCUT2D eigenvalue weighted by atomic mass is 14.4. The minimum Gasteiger partial charge on any atom is -0.0654 e. The van der Waals surface area contributed by atoms with Crippen LogP contribution < -0.4 is 0 Å². The van der Waals surface area contributed by atoms with Crippen molar-refractivity contribution in [1.29, 1.82) is 0 Å². The Balaban J connectivity index is 2.08. The molecule has 0 aromatic rings. The first kappa shape index (κ1) is 11.1. The van der Waals surface area contributed by atoms with Crippen molar-refractivity contribution < 1.29 is 0 Å². The minimum absolute atomic E-state index is 0.905. The molecule has 0 saturated heterocycles. The molecular weight excluding hydrogens is 156 g/mol. The molecule has 0 spiro atoms. The second kappa shape index (κ2) is 5.02. The van der Waals surface area contributed by atoms with Gasteiger partial charge in [-0.15, -0.1) is 0 Å². The van der Waals surface area contributed by atoms with Gasteiger partial charge in [0.2, 0.25) is 0 Å². The Morgan fingerprint density at radius 3 is 2.38 bits per heavy atom. The molecule has 0 aromatic heterocycles. The highest BCUT2D eigenvalue weighted by Gasteiger charge is 2.39. The van der Waals surface area contributed by atoms with Crippen LogP contribution in [0.2, 0.25) is 0 Å². The lowest BCUT2D eigenvalue weighted by molar-refractivity contribution is 0.415. The van der Waals surface area contributed by atoms with Gasteiger partial charge < -0.3 is 0 Å². The topological polar surface area (TPSA) is 0 Å². The van der Waals surface area contributed by atoms with E-state index < -0.39 is 0 Å². The van der Waals surface area contributed by atoms with E-state index in [1.165, 1.54) is 32.1 Å². The van der Waals surface area contributed by atoms with Gasteiger partial charge in [0.05, 0.1) is 0 Å². The Bertz CT molecular complexity index is 137. The second-order valence-corrected chi connectivity index (χ2v) is 5.40. The largest absolute Gasteiger partial charge is 0.0654 e. The predicted octanol–water partition coefficient (Wildman–Crippen LogP) is 4.49. The van der Waals surface area contributed by atoms with Crippen molar-refractivity contribution >= 4 is 0 Å². The normalized spacial score (nSPS) is 29.3. The highest BCUT2D eigenvalue weighted by Crippen LogP contribution is 2.48. The molecule has 0 amide bonds. The van der Waals surface area contributed by atoms with Crippen LogP contribution in [0.25, 0.3) is 0 Å². The molecule has 0 aliphatic heterocycles. The van der Waals surface area contributed by atoms with Gasteiger partial charge in [0, 0.05) is 0 Å². The average molecular weight is 182 g/mol. The van der Waals surface area contributed by atoms with Crippen LogP contribution in [0, 0.1) is 23.7 Å². The zero-order chi connectivity index (χ0) is 9.84. The average Bonchev–Trinajstić information content (AvgIpc) is 2.80. The smallest absolute Gasteiger partial charge is 0.0357 e. The summed E-state index contributed by atoms with van der Waals surface area (Å²) >= 11 is 0. The zero-order valence-electron chi connectivity index (χ0n) is 9.84. The molecule has 0 heteroatoms. The van der Waals surface area contributed by atoms with Crippen LogP contribution in [0.4, 0.5) is 0 Å². The fourth-order valence-corrected chi connectivity index (χ4v) is 2.52. The molecule has 78 valence electrons. The Hall–Kier alpha value is 0. The molecule has 1 rings (SSSR count). The van der Waals surface area contributed by atoms with Crippen LogP contribution in [0.3, 0.4) is 0 Å². The maximum absolute atomic E-state index is 2.45. The summed E-state index contributed by atoms with van der Waals surface area (Å²) in [6.45, 7) is 9.44. The lowest BCUT2D eigenvalue weighted by Crippen LogP contribution is -1.99. The summed E-state index contributed by atoms with van der Waals surface area (Å²) in [6, 6.07) is 0. The third-order valence-electron chi connectivity index (χ3n) is 3.57. The van der Waals surface area contributed by atoms with Crippen molar-refractivity contribution in [2.45, 2.75) is 59.8 Å². The number of hydrogen-bond donors (Lipinski definition) is 0. The lowest BCUT2D eigenvalue weighted by Gasteiger charge is -2.09. The van der Waals surface area contributed by atoms with E-state index in [0.29, 0.717) is 0 Å². The van der Waals surface area contributed by atoms with Gasteiger partial charge in [-0.05, 0) is 36.5 Å². The van der Waals surface area contributed by atoms with E-state index in [4.69, 9.17) is 0 Å². The summed E-state index contributed by atoms with van der Waals surface area (Å²) in [5, 5.41) is 0. The second-order valence-electron chi connectivity index (χ2n) is 5.40. The maximum atomic E-state index is 2.45. The quantitative estimate of drug-likeness (QED) is 0.567. The van der Waals surface area contributed by atoms with Crippen LogP contribution in [0.1, 0.15) is 59.8 Å². The summed E-state index contributed by atoms with van der Waals surface area (Å²) in [4.78, 5) is 0. The van der Waals surface area contributed by atoms with Crippen molar-refractivity contribution in [3.8, 4) is 0 Å². The summed E-state index contributed by atoms with van der Waals surface area (Å²) < 4.78 is 0. The predicted molar refractivity (Wildman–Crippen MR) is 59.7 cm³/mol. The van der Waals surface area contributed by atoms with Gasteiger partial charge in [0.1, 0.15) is 0 Å². The first-order chi connectivity index (χ1) is 6.15. The Kier molecular flexibility index (Phi) is 4.28. The first-order valence-electron chi connectivity index (χ1n) is 6.15. The van der Waals surface area contributed by atoms with Gasteiger partial charge >= 0.3 is 0 Å². The highest BCUT2D eigenvalue weighted by molar-refractivity contribution is 4.89. The van der Waals surface area contributed by atoms with E-state index in [0.717, 1.165) is 23.7 Å². The van der Waals surface area contributed by atoms with E-state index in [9.17, 15) is 0 Å². The SMILES string of the molecule is CCCC(C)C1CC1CCC(C)C. The van der Waals surface area contributed by atoms with E-state index in [-0.39, 0.29) is 0 Å². The van der Waals surface area contributed by atoms with Crippen LogP contribution in [0.15, 0.2) is 0 Å². The van der Waals surface area contributed by atoms with Crippen LogP contribution >= 0.6 is 0 Å². The van der Waals surface area contributed by atoms with Gasteiger partial charge in [0.25, 0.3) is 0 Å². The zero-order valence-corrected chi connectivity index (χ0v) is 9.84. The summed E-state index contributed by atoms with van der Waals surface area (Å²) in [7, 11) is 0. The van der Waals surface area contributed by atoms with Gasteiger partial charge in [-0.3, -0.25) is 0 Å². The third kappa shape index (κ3) is 3.70. The molecule has 13 heavy (non-hydrogen) atoms. The monoisotopic (exact) mass is 182 g/mol. The Morgan fingerprint density at radius 2 is 1.85 bits per heavy atom. The van der Waals surface area contributed by atoms with Crippen molar-refractivity contribution in [2.75, 3.05) is 0 Å². The minimum atomic E-state index is 0.905. The molecule has 1 saturated carbocycles. The molecular formula is C13H26. The van der Waals surface area contributed by atoms with Crippen molar-refractivity contribution in [3.05, 3.63) is 0 Å². The molecule has 1 aliphatic carbocycles. The molecule has 0 radical (unpaired) electrons. The summed E-state index contributed by atoms with van der Waals surface area (Å²) in [5.74, 6) is 4.10. The van der Waals surface area contributed by atoms with E-state index in [1.807, 2.05) is 0 Å². The van der Waals surface area contributed by atoms with Gasteiger partial charge in [-0.25, -0.2) is 0 Å². The van der Waals surface area contributed by atoms with Crippen LogP contribution in [0.5, 0.6) is 0 Å². The van der Waals surface area contributed by atoms with E-state index in [2.05, 4.69) is 27.7 Å². The van der Waals surface area contributed by atoms with Gasteiger partial charge in [0.15, 0.2) is 0 Å². The van der Waals surface area contributed by atoms with Crippen molar-refractivity contribution in [3.63, 3.8) is 0 Å². The van der Waals surface area contributed by atoms with Gasteiger partial charge in [-0.2, -0.15) is 0 Å². The molecule has 3 unspecified atom stereocenters. The van der Waals surface area contributed by atoms with Crippen molar-refractivity contribution in [2.24, 2.45) is 23.7 Å². The first-order valence-corrected chi connectivity index (χ1v) is 6.15. The molecule has 0 nitrogen and oxygen atoms in total. The molecule has 0 aromatic carbocycles. The summed E-state index contributed by atoms with van der Waals surface area (Å²) in [6.07, 6.45) is 7.29. The molecule has 1 fully saturated rings. The van der Waals surface area contributed by atoms with Crippen LogP contribution in [-0.4, -0.2) is 0 Å². The fraction of sp³-hybridized carbons (Fsp3) is 1.00.